The van der Waals surface area contributed by atoms with Crippen LogP contribution in [0, 0.1) is 11.3 Å². The van der Waals surface area contributed by atoms with Gasteiger partial charge in [-0.05, 0) is 17.7 Å². The molecule has 1 atom stereocenters. The fraction of sp³-hybridized carbons (Fsp3) is 0.125. The standard InChI is InChI=1S/C16H15N3O2/c1-21-14-9-11(10-17)7-8-13(14)19-16(20)15(18)12-5-3-2-4-6-12/h2-9,15H,18H2,1H3,(H,19,20)/t15-/m0/s1. The number of nitriles is 1. The fourth-order valence-electron chi connectivity index (χ4n) is 1.89. The van der Waals surface area contributed by atoms with E-state index in [2.05, 4.69) is 5.32 Å². The molecule has 3 N–H and O–H groups in total. The molecule has 5 heteroatoms. The molecule has 2 rings (SSSR count). The number of carbonyl (C=O) groups is 1. The Labute approximate surface area is 123 Å². The Morgan fingerprint density at radius 2 is 2.00 bits per heavy atom. The van der Waals surface area contributed by atoms with Gasteiger partial charge in [0.05, 0.1) is 24.4 Å². The van der Waals surface area contributed by atoms with E-state index in [9.17, 15) is 4.79 Å². The number of hydrogen-bond acceptors (Lipinski definition) is 4. The van der Waals surface area contributed by atoms with Gasteiger partial charge in [0.25, 0.3) is 0 Å². The van der Waals surface area contributed by atoms with Gasteiger partial charge in [0.1, 0.15) is 11.8 Å². The lowest BCUT2D eigenvalue weighted by Crippen LogP contribution is -2.27. The summed E-state index contributed by atoms with van der Waals surface area (Å²) >= 11 is 0. The van der Waals surface area contributed by atoms with Crippen LogP contribution in [0.25, 0.3) is 0 Å². The molecule has 0 bridgehead atoms. The van der Waals surface area contributed by atoms with Crippen molar-refractivity contribution in [3.05, 3.63) is 59.7 Å². The van der Waals surface area contributed by atoms with E-state index in [4.69, 9.17) is 15.7 Å². The van der Waals surface area contributed by atoms with Crippen LogP contribution in [0.5, 0.6) is 5.75 Å². The normalized spacial score (nSPS) is 11.3. The van der Waals surface area contributed by atoms with Gasteiger partial charge in [0.2, 0.25) is 5.91 Å². The van der Waals surface area contributed by atoms with Crippen molar-refractivity contribution in [1.82, 2.24) is 0 Å². The van der Waals surface area contributed by atoms with E-state index in [0.29, 0.717) is 17.0 Å². The number of nitrogens with two attached hydrogens (primary N) is 1. The van der Waals surface area contributed by atoms with Gasteiger partial charge in [0.15, 0.2) is 0 Å². The number of benzene rings is 2. The van der Waals surface area contributed by atoms with E-state index in [1.807, 2.05) is 24.3 Å². The summed E-state index contributed by atoms with van der Waals surface area (Å²) in [6.07, 6.45) is 0. The van der Waals surface area contributed by atoms with Crippen LogP contribution in [-0.4, -0.2) is 13.0 Å². The SMILES string of the molecule is COc1cc(C#N)ccc1NC(=O)[C@@H](N)c1ccccc1. The van der Waals surface area contributed by atoms with Gasteiger partial charge in [0, 0.05) is 6.07 Å². The minimum atomic E-state index is -0.772. The van der Waals surface area contributed by atoms with Crippen molar-refractivity contribution in [1.29, 1.82) is 5.26 Å². The lowest BCUT2D eigenvalue weighted by atomic mass is 10.1. The maximum atomic E-state index is 12.2. The topological polar surface area (TPSA) is 88.1 Å². The van der Waals surface area contributed by atoms with Crippen molar-refractivity contribution in [3.63, 3.8) is 0 Å². The first-order valence-electron chi connectivity index (χ1n) is 6.35. The molecule has 0 aliphatic heterocycles. The highest BCUT2D eigenvalue weighted by atomic mass is 16.5. The van der Waals surface area contributed by atoms with Gasteiger partial charge in [-0.25, -0.2) is 0 Å². The summed E-state index contributed by atoms with van der Waals surface area (Å²) in [7, 11) is 1.48. The third-order valence-corrected chi connectivity index (χ3v) is 3.03. The molecule has 0 aliphatic rings. The first kappa shape index (κ1) is 14.6. The van der Waals surface area contributed by atoms with Crippen LogP contribution in [-0.2, 0) is 4.79 Å². The molecule has 0 aliphatic carbocycles. The number of carbonyl (C=O) groups excluding carboxylic acids is 1. The molecule has 0 unspecified atom stereocenters. The molecule has 0 saturated carbocycles. The van der Waals surface area contributed by atoms with Gasteiger partial charge in [-0.1, -0.05) is 30.3 Å². The molecule has 0 fully saturated rings. The molecule has 0 heterocycles. The summed E-state index contributed by atoms with van der Waals surface area (Å²) in [5, 5.41) is 11.6. The Morgan fingerprint density at radius 3 is 2.62 bits per heavy atom. The van der Waals surface area contributed by atoms with Crippen LogP contribution in [0.15, 0.2) is 48.5 Å². The number of amides is 1. The first-order valence-corrected chi connectivity index (χ1v) is 6.35. The van der Waals surface area contributed by atoms with E-state index < -0.39 is 6.04 Å². The molecule has 0 spiro atoms. The van der Waals surface area contributed by atoms with Gasteiger partial charge in [-0.3, -0.25) is 4.79 Å². The van der Waals surface area contributed by atoms with Crippen molar-refractivity contribution < 1.29 is 9.53 Å². The summed E-state index contributed by atoms with van der Waals surface area (Å²) in [6.45, 7) is 0. The molecule has 0 saturated heterocycles. The Hall–Kier alpha value is -2.84. The Kier molecular flexibility index (Phi) is 4.54. The van der Waals surface area contributed by atoms with Crippen LogP contribution in [0.3, 0.4) is 0 Å². The van der Waals surface area contributed by atoms with Gasteiger partial charge >= 0.3 is 0 Å². The third kappa shape index (κ3) is 3.38. The quantitative estimate of drug-likeness (QED) is 0.899. The second-order valence-corrected chi connectivity index (χ2v) is 4.40. The van der Waals surface area contributed by atoms with Crippen molar-refractivity contribution in [2.75, 3.05) is 12.4 Å². The Balaban J connectivity index is 2.18. The number of nitrogens with one attached hydrogen (secondary N) is 1. The second kappa shape index (κ2) is 6.55. The van der Waals surface area contributed by atoms with Gasteiger partial charge < -0.3 is 15.8 Å². The highest BCUT2D eigenvalue weighted by Gasteiger charge is 2.17. The van der Waals surface area contributed by atoms with Crippen LogP contribution in [0.1, 0.15) is 17.2 Å². The molecule has 2 aromatic rings. The van der Waals surface area contributed by atoms with Crippen LogP contribution < -0.4 is 15.8 Å². The zero-order chi connectivity index (χ0) is 15.2. The van der Waals surface area contributed by atoms with Crippen LogP contribution in [0.2, 0.25) is 0 Å². The minimum absolute atomic E-state index is 0.343. The summed E-state index contributed by atoms with van der Waals surface area (Å²) in [6, 6.07) is 15.1. The second-order valence-electron chi connectivity index (χ2n) is 4.40. The molecule has 5 nitrogen and oxygen atoms in total. The summed E-state index contributed by atoms with van der Waals surface area (Å²) in [4.78, 5) is 12.2. The third-order valence-electron chi connectivity index (χ3n) is 3.03. The van der Waals surface area contributed by atoms with Crippen molar-refractivity contribution in [3.8, 4) is 11.8 Å². The number of hydrogen-bond donors (Lipinski definition) is 2. The highest BCUT2D eigenvalue weighted by molar-refractivity contribution is 5.96. The molecule has 2 aromatic carbocycles. The van der Waals surface area contributed by atoms with Gasteiger partial charge in [-0.15, -0.1) is 0 Å². The first-order chi connectivity index (χ1) is 10.2. The Morgan fingerprint density at radius 1 is 1.29 bits per heavy atom. The molecule has 1 amide bonds. The largest absolute Gasteiger partial charge is 0.495 e. The van der Waals surface area contributed by atoms with Crippen molar-refractivity contribution >= 4 is 11.6 Å². The molecule has 0 radical (unpaired) electrons. The smallest absolute Gasteiger partial charge is 0.245 e. The average molecular weight is 281 g/mol. The summed E-state index contributed by atoms with van der Waals surface area (Å²) in [5.74, 6) is 0.0758. The molecule has 106 valence electrons. The van der Waals surface area contributed by atoms with E-state index in [1.165, 1.54) is 7.11 Å². The summed E-state index contributed by atoms with van der Waals surface area (Å²) < 4.78 is 5.17. The fourth-order valence-corrected chi connectivity index (χ4v) is 1.89. The number of rotatable bonds is 4. The maximum Gasteiger partial charge on any atom is 0.245 e. The average Bonchev–Trinajstić information content (AvgIpc) is 2.55. The van der Waals surface area contributed by atoms with Crippen LogP contribution in [0.4, 0.5) is 5.69 Å². The Bertz CT molecular complexity index is 678. The maximum absolute atomic E-state index is 12.2. The van der Waals surface area contributed by atoms with E-state index in [-0.39, 0.29) is 5.91 Å². The van der Waals surface area contributed by atoms with E-state index in [1.54, 1.807) is 30.3 Å². The van der Waals surface area contributed by atoms with Crippen molar-refractivity contribution in [2.45, 2.75) is 6.04 Å². The molecular weight excluding hydrogens is 266 g/mol. The zero-order valence-corrected chi connectivity index (χ0v) is 11.5. The predicted octanol–water partition coefficient (Wildman–Crippen LogP) is 2.21. The number of nitrogens with zero attached hydrogens (tertiary/aromatic N) is 1. The minimum Gasteiger partial charge on any atom is -0.495 e. The highest BCUT2D eigenvalue weighted by Crippen LogP contribution is 2.26. The predicted molar refractivity (Wildman–Crippen MR) is 79.7 cm³/mol. The monoisotopic (exact) mass is 281 g/mol. The number of anilines is 1. The lowest BCUT2D eigenvalue weighted by Gasteiger charge is -2.14. The van der Waals surface area contributed by atoms with Crippen molar-refractivity contribution in [2.24, 2.45) is 5.73 Å². The van der Waals surface area contributed by atoms with Gasteiger partial charge in [-0.2, -0.15) is 5.26 Å². The zero-order valence-electron chi connectivity index (χ0n) is 11.5. The number of ether oxygens (including phenoxy) is 1. The molecule has 0 aromatic heterocycles. The molecular formula is C16H15N3O2. The molecule has 21 heavy (non-hydrogen) atoms. The van der Waals surface area contributed by atoms with E-state index in [0.717, 1.165) is 5.56 Å². The number of methoxy groups -OCH3 is 1. The van der Waals surface area contributed by atoms with E-state index >= 15 is 0 Å². The van der Waals surface area contributed by atoms with Crippen LogP contribution >= 0.6 is 0 Å². The lowest BCUT2D eigenvalue weighted by molar-refractivity contribution is -0.117. The summed E-state index contributed by atoms with van der Waals surface area (Å²) in [5.41, 5.74) is 7.59.